The van der Waals surface area contributed by atoms with Crippen molar-refractivity contribution in [3.63, 3.8) is 0 Å². The average molecular weight is 347 g/mol. The third-order valence-electron chi connectivity index (χ3n) is 3.43. The van der Waals surface area contributed by atoms with Gasteiger partial charge in [-0.2, -0.15) is 4.31 Å². The SMILES string of the molecule is CS(=O)(=O)N1CCN(CCc2ccc(Br)cc2)CC1. The maximum absolute atomic E-state index is 11.4. The molecule has 106 valence electrons. The van der Waals surface area contributed by atoms with Crippen LogP contribution in [0, 0.1) is 0 Å². The minimum absolute atomic E-state index is 0.610. The van der Waals surface area contributed by atoms with Crippen LogP contribution < -0.4 is 0 Å². The van der Waals surface area contributed by atoms with E-state index in [2.05, 4.69) is 45.1 Å². The van der Waals surface area contributed by atoms with Crippen LogP contribution in [0.1, 0.15) is 5.56 Å². The van der Waals surface area contributed by atoms with Gasteiger partial charge in [0.05, 0.1) is 6.26 Å². The molecule has 0 saturated carbocycles. The lowest BCUT2D eigenvalue weighted by atomic mass is 10.1. The van der Waals surface area contributed by atoms with Crippen molar-refractivity contribution in [2.45, 2.75) is 6.42 Å². The fourth-order valence-corrected chi connectivity index (χ4v) is 3.31. The molecule has 4 nitrogen and oxygen atoms in total. The highest BCUT2D eigenvalue weighted by molar-refractivity contribution is 9.10. The highest BCUT2D eigenvalue weighted by Crippen LogP contribution is 2.12. The number of hydrogen-bond acceptors (Lipinski definition) is 3. The summed E-state index contributed by atoms with van der Waals surface area (Å²) in [7, 11) is -3.02. The summed E-state index contributed by atoms with van der Waals surface area (Å²) in [5, 5.41) is 0. The van der Waals surface area contributed by atoms with E-state index in [1.54, 1.807) is 4.31 Å². The van der Waals surface area contributed by atoms with E-state index in [4.69, 9.17) is 0 Å². The summed E-state index contributed by atoms with van der Waals surface area (Å²) in [6, 6.07) is 8.35. The van der Waals surface area contributed by atoms with Gasteiger partial charge in [0.2, 0.25) is 10.0 Å². The molecule has 0 radical (unpaired) electrons. The molecule has 0 bridgehead atoms. The first-order valence-electron chi connectivity index (χ1n) is 6.37. The Morgan fingerprint density at radius 3 is 2.21 bits per heavy atom. The molecule has 0 amide bonds. The molecule has 1 aromatic rings. The van der Waals surface area contributed by atoms with Gasteiger partial charge < -0.3 is 4.90 Å². The summed E-state index contributed by atoms with van der Waals surface area (Å²) < 4.78 is 25.5. The average Bonchev–Trinajstić information content (AvgIpc) is 2.37. The van der Waals surface area contributed by atoms with E-state index >= 15 is 0 Å². The number of rotatable bonds is 4. The third-order valence-corrected chi connectivity index (χ3v) is 5.26. The van der Waals surface area contributed by atoms with Gasteiger partial charge in [-0.1, -0.05) is 28.1 Å². The van der Waals surface area contributed by atoms with Crippen LogP contribution in [-0.4, -0.2) is 56.6 Å². The molecule has 0 atom stereocenters. The zero-order valence-corrected chi connectivity index (χ0v) is 13.5. The molecule has 1 heterocycles. The number of sulfonamides is 1. The second kappa shape index (κ2) is 6.35. The monoisotopic (exact) mass is 346 g/mol. The van der Waals surface area contributed by atoms with Crippen molar-refractivity contribution in [1.29, 1.82) is 0 Å². The van der Waals surface area contributed by atoms with E-state index in [-0.39, 0.29) is 0 Å². The number of nitrogens with zero attached hydrogens (tertiary/aromatic N) is 2. The molecular weight excluding hydrogens is 328 g/mol. The van der Waals surface area contributed by atoms with Crippen LogP contribution in [0.15, 0.2) is 28.7 Å². The highest BCUT2D eigenvalue weighted by Gasteiger charge is 2.22. The molecule has 0 aromatic heterocycles. The zero-order chi connectivity index (χ0) is 13.9. The van der Waals surface area contributed by atoms with Crippen molar-refractivity contribution in [3.05, 3.63) is 34.3 Å². The molecule has 0 unspecified atom stereocenters. The van der Waals surface area contributed by atoms with Gasteiger partial charge in [-0.15, -0.1) is 0 Å². The van der Waals surface area contributed by atoms with Crippen LogP contribution in [-0.2, 0) is 16.4 Å². The zero-order valence-electron chi connectivity index (χ0n) is 11.0. The van der Waals surface area contributed by atoms with Gasteiger partial charge in [0.25, 0.3) is 0 Å². The van der Waals surface area contributed by atoms with Gasteiger partial charge in [-0.3, -0.25) is 0 Å². The fraction of sp³-hybridized carbons (Fsp3) is 0.538. The summed E-state index contributed by atoms with van der Waals surface area (Å²) in [4.78, 5) is 2.32. The Morgan fingerprint density at radius 1 is 1.11 bits per heavy atom. The van der Waals surface area contributed by atoms with Crippen molar-refractivity contribution in [1.82, 2.24) is 9.21 Å². The largest absolute Gasteiger partial charge is 0.300 e. The van der Waals surface area contributed by atoms with E-state index in [1.807, 2.05) is 0 Å². The van der Waals surface area contributed by atoms with Gasteiger partial charge in [-0.25, -0.2) is 8.42 Å². The summed E-state index contributed by atoms with van der Waals surface area (Å²) in [6.07, 6.45) is 2.29. The molecule has 0 aliphatic carbocycles. The first-order valence-corrected chi connectivity index (χ1v) is 9.01. The Bertz CT molecular complexity index is 508. The first-order chi connectivity index (χ1) is 8.95. The standard InChI is InChI=1S/C13H19BrN2O2S/c1-19(17,18)16-10-8-15(9-11-16)7-6-12-2-4-13(14)5-3-12/h2-5H,6-11H2,1H3. The second-order valence-corrected chi connectivity index (χ2v) is 7.78. The molecule has 0 spiro atoms. The lowest BCUT2D eigenvalue weighted by molar-refractivity contribution is 0.191. The van der Waals surface area contributed by atoms with Crippen molar-refractivity contribution in [2.75, 3.05) is 39.0 Å². The minimum Gasteiger partial charge on any atom is -0.300 e. The van der Waals surface area contributed by atoms with Gasteiger partial charge in [-0.05, 0) is 24.1 Å². The molecule has 1 saturated heterocycles. The van der Waals surface area contributed by atoms with E-state index in [9.17, 15) is 8.42 Å². The Morgan fingerprint density at radius 2 is 1.68 bits per heavy atom. The van der Waals surface area contributed by atoms with Gasteiger partial charge >= 0.3 is 0 Å². The summed E-state index contributed by atoms with van der Waals surface area (Å²) >= 11 is 3.43. The Kier molecular flexibility index (Phi) is 5.00. The second-order valence-electron chi connectivity index (χ2n) is 4.88. The maximum atomic E-state index is 11.4. The summed E-state index contributed by atoms with van der Waals surface area (Å²) in [6.45, 7) is 3.85. The molecule has 6 heteroatoms. The number of benzene rings is 1. The maximum Gasteiger partial charge on any atom is 0.211 e. The smallest absolute Gasteiger partial charge is 0.211 e. The van der Waals surface area contributed by atoms with Crippen molar-refractivity contribution < 1.29 is 8.42 Å². The summed E-state index contributed by atoms with van der Waals surface area (Å²) in [5.41, 5.74) is 1.31. The molecule has 19 heavy (non-hydrogen) atoms. The topological polar surface area (TPSA) is 40.6 Å². The van der Waals surface area contributed by atoms with Crippen LogP contribution in [0.2, 0.25) is 0 Å². The van der Waals surface area contributed by atoms with E-state index in [0.717, 1.165) is 30.5 Å². The lowest BCUT2D eigenvalue weighted by Gasteiger charge is -2.33. The van der Waals surface area contributed by atoms with Crippen LogP contribution in [0.5, 0.6) is 0 Å². The van der Waals surface area contributed by atoms with E-state index in [1.165, 1.54) is 11.8 Å². The van der Waals surface area contributed by atoms with E-state index in [0.29, 0.717) is 13.1 Å². The first kappa shape index (κ1) is 15.0. The predicted octanol–water partition coefficient (Wildman–Crippen LogP) is 1.57. The van der Waals surface area contributed by atoms with Crippen molar-refractivity contribution in [3.8, 4) is 0 Å². The van der Waals surface area contributed by atoms with Gasteiger partial charge in [0, 0.05) is 37.2 Å². The Hall–Kier alpha value is -0.430. The van der Waals surface area contributed by atoms with Crippen molar-refractivity contribution >= 4 is 26.0 Å². The quantitative estimate of drug-likeness (QED) is 0.830. The van der Waals surface area contributed by atoms with Crippen LogP contribution in [0.25, 0.3) is 0 Å². The number of hydrogen-bond donors (Lipinski definition) is 0. The molecule has 1 aliphatic heterocycles. The number of piperazine rings is 1. The molecule has 1 fully saturated rings. The summed E-state index contributed by atoms with van der Waals surface area (Å²) in [5.74, 6) is 0. The molecule has 1 aromatic carbocycles. The van der Waals surface area contributed by atoms with Crippen LogP contribution >= 0.6 is 15.9 Å². The van der Waals surface area contributed by atoms with Crippen LogP contribution in [0.3, 0.4) is 0 Å². The third kappa shape index (κ3) is 4.56. The Balaban J connectivity index is 1.78. The molecule has 0 N–H and O–H groups in total. The number of halogens is 1. The molecule has 2 rings (SSSR count). The van der Waals surface area contributed by atoms with E-state index < -0.39 is 10.0 Å². The molecule has 1 aliphatic rings. The van der Waals surface area contributed by atoms with Crippen LogP contribution in [0.4, 0.5) is 0 Å². The Labute approximate surface area is 123 Å². The normalized spacial score (nSPS) is 18.6. The predicted molar refractivity (Wildman–Crippen MR) is 80.7 cm³/mol. The lowest BCUT2D eigenvalue weighted by Crippen LogP contribution is -2.48. The fourth-order valence-electron chi connectivity index (χ4n) is 2.22. The minimum atomic E-state index is -3.02. The van der Waals surface area contributed by atoms with Gasteiger partial charge in [0.15, 0.2) is 0 Å². The molecular formula is C13H19BrN2O2S. The van der Waals surface area contributed by atoms with Crippen molar-refractivity contribution in [2.24, 2.45) is 0 Å². The highest BCUT2D eigenvalue weighted by atomic mass is 79.9. The van der Waals surface area contributed by atoms with Gasteiger partial charge in [0.1, 0.15) is 0 Å².